The summed E-state index contributed by atoms with van der Waals surface area (Å²) in [4.78, 5) is 27.8. The van der Waals surface area contributed by atoms with Crippen LogP contribution in [0.15, 0.2) is 18.2 Å². The summed E-state index contributed by atoms with van der Waals surface area (Å²) in [6, 6.07) is 6.52. The van der Waals surface area contributed by atoms with E-state index in [4.69, 9.17) is 9.47 Å². The Labute approximate surface area is 185 Å². The van der Waals surface area contributed by atoms with Gasteiger partial charge in [-0.15, -0.1) is 0 Å². The Balaban J connectivity index is 1.38. The Bertz CT molecular complexity index is 793. The zero-order valence-electron chi connectivity index (χ0n) is 19.0. The highest BCUT2D eigenvalue weighted by atomic mass is 16.5. The van der Waals surface area contributed by atoms with E-state index >= 15 is 0 Å². The Morgan fingerprint density at radius 3 is 2.58 bits per heavy atom. The molecule has 0 unspecified atom stereocenters. The maximum Gasteiger partial charge on any atom is 0.223 e. The highest BCUT2D eigenvalue weighted by Gasteiger charge is 2.41. The monoisotopic (exact) mass is 428 g/mol. The summed E-state index contributed by atoms with van der Waals surface area (Å²) in [5.41, 5.74) is 2.30. The van der Waals surface area contributed by atoms with Crippen molar-refractivity contribution in [3.63, 3.8) is 0 Å². The molecule has 31 heavy (non-hydrogen) atoms. The predicted molar refractivity (Wildman–Crippen MR) is 119 cm³/mol. The number of carbonyl (C=O) groups is 2. The van der Waals surface area contributed by atoms with E-state index in [1.54, 1.807) is 14.1 Å². The molecule has 1 aromatic rings. The first-order valence-corrected chi connectivity index (χ1v) is 11.9. The number of benzene rings is 1. The van der Waals surface area contributed by atoms with E-state index in [1.165, 1.54) is 35.3 Å². The van der Waals surface area contributed by atoms with E-state index in [0.717, 1.165) is 37.9 Å². The standard InChI is InChI=1S/C25H36N2O4/c1-26(2)23(28)10-11-24(29)27-15-13-25(14-16-27)22-9-8-21(18-19(22)12-17-30-25)31-20-6-4-3-5-7-20/h8-9,18,20H,3-7,10-17H2,1-2H3. The van der Waals surface area contributed by atoms with Crippen LogP contribution in [0.3, 0.4) is 0 Å². The molecule has 2 amide bonds. The van der Waals surface area contributed by atoms with Gasteiger partial charge in [-0.1, -0.05) is 12.5 Å². The van der Waals surface area contributed by atoms with Gasteiger partial charge in [-0.2, -0.15) is 0 Å². The lowest BCUT2D eigenvalue weighted by molar-refractivity contribution is -0.142. The van der Waals surface area contributed by atoms with Crippen LogP contribution in [0.2, 0.25) is 0 Å². The van der Waals surface area contributed by atoms with Crippen LogP contribution in [0.25, 0.3) is 0 Å². The average molecular weight is 429 g/mol. The van der Waals surface area contributed by atoms with Crippen LogP contribution >= 0.6 is 0 Å². The van der Waals surface area contributed by atoms with Gasteiger partial charge < -0.3 is 19.3 Å². The second-order valence-corrected chi connectivity index (χ2v) is 9.46. The molecule has 2 heterocycles. The molecule has 0 radical (unpaired) electrons. The summed E-state index contributed by atoms with van der Waals surface area (Å²) in [7, 11) is 3.45. The number of amides is 2. The van der Waals surface area contributed by atoms with Crippen molar-refractivity contribution in [2.24, 2.45) is 0 Å². The van der Waals surface area contributed by atoms with E-state index in [2.05, 4.69) is 18.2 Å². The van der Waals surface area contributed by atoms with Gasteiger partial charge in [0.05, 0.1) is 18.3 Å². The molecule has 6 nitrogen and oxygen atoms in total. The van der Waals surface area contributed by atoms with Crippen molar-refractivity contribution in [1.82, 2.24) is 9.80 Å². The zero-order valence-corrected chi connectivity index (χ0v) is 19.0. The molecule has 1 aromatic carbocycles. The van der Waals surface area contributed by atoms with Gasteiger partial charge in [0.1, 0.15) is 5.75 Å². The fourth-order valence-corrected chi connectivity index (χ4v) is 5.23. The predicted octanol–water partition coefficient (Wildman–Crippen LogP) is 3.66. The van der Waals surface area contributed by atoms with Gasteiger partial charge in [-0.05, 0) is 68.2 Å². The molecule has 2 aliphatic heterocycles. The quantitative estimate of drug-likeness (QED) is 0.718. The van der Waals surface area contributed by atoms with Crippen molar-refractivity contribution < 1.29 is 19.1 Å². The molecular formula is C25H36N2O4. The lowest BCUT2D eigenvalue weighted by atomic mass is 9.79. The molecule has 0 atom stereocenters. The number of rotatable bonds is 5. The summed E-state index contributed by atoms with van der Waals surface area (Å²) in [6.07, 6.45) is 9.61. The van der Waals surface area contributed by atoms with Crippen molar-refractivity contribution in [3.05, 3.63) is 29.3 Å². The van der Waals surface area contributed by atoms with Gasteiger partial charge in [-0.25, -0.2) is 0 Å². The molecule has 6 heteroatoms. The zero-order chi connectivity index (χ0) is 21.8. The van der Waals surface area contributed by atoms with E-state index in [0.29, 0.717) is 25.8 Å². The molecule has 0 N–H and O–H groups in total. The Kier molecular flexibility index (Phi) is 6.85. The van der Waals surface area contributed by atoms with Gasteiger partial charge in [0, 0.05) is 40.0 Å². The lowest BCUT2D eigenvalue weighted by Crippen LogP contribution is -2.48. The molecule has 2 fully saturated rings. The van der Waals surface area contributed by atoms with Crippen LogP contribution in [-0.2, 0) is 26.3 Å². The number of piperidine rings is 1. The summed E-state index contributed by atoms with van der Waals surface area (Å²) >= 11 is 0. The van der Waals surface area contributed by atoms with Crippen LogP contribution in [0.4, 0.5) is 0 Å². The number of ether oxygens (including phenoxy) is 2. The van der Waals surface area contributed by atoms with Crippen molar-refractivity contribution in [2.45, 2.75) is 75.9 Å². The van der Waals surface area contributed by atoms with Crippen LogP contribution in [0.1, 0.15) is 68.9 Å². The average Bonchev–Trinajstić information content (AvgIpc) is 2.78. The van der Waals surface area contributed by atoms with Gasteiger partial charge in [-0.3, -0.25) is 9.59 Å². The lowest BCUT2D eigenvalue weighted by Gasteiger charge is -2.45. The van der Waals surface area contributed by atoms with Gasteiger partial charge >= 0.3 is 0 Å². The number of fused-ring (bicyclic) bond motifs is 2. The normalized spacial score (nSPS) is 20.9. The van der Waals surface area contributed by atoms with E-state index in [9.17, 15) is 9.59 Å². The van der Waals surface area contributed by atoms with Crippen molar-refractivity contribution >= 4 is 11.8 Å². The third-order valence-corrected chi connectivity index (χ3v) is 7.15. The summed E-state index contributed by atoms with van der Waals surface area (Å²) in [6.45, 7) is 2.06. The van der Waals surface area contributed by atoms with E-state index in [-0.39, 0.29) is 30.3 Å². The summed E-state index contributed by atoms with van der Waals surface area (Å²) < 4.78 is 12.6. The molecule has 1 saturated carbocycles. The summed E-state index contributed by atoms with van der Waals surface area (Å²) in [5, 5.41) is 0. The minimum Gasteiger partial charge on any atom is -0.490 e. The number of likely N-dealkylation sites (tertiary alicyclic amines) is 1. The van der Waals surface area contributed by atoms with Crippen molar-refractivity contribution in [2.75, 3.05) is 33.8 Å². The molecule has 1 spiro atoms. The van der Waals surface area contributed by atoms with E-state index < -0.39 is 0 Å². The number of carbonyl (C=O) groups excluding carboxylic acids is 2. The molecule has 4 rings (SSSR count). The number of nitrogens with zero attached hydrogens (tertiary/aromatic N) is 2. The number of hydrogen-bond acceptors (Lipinski definition) is 4. The van der Waals surface area contributed by atoms with Gasteiger partial charge in [0.2, 0.25) is 11.8 Å². The largest absolute Gasteiger partial charge is 0.490 e. The summed E-state index contributed by atoms with van der Waals surface area (Å²) in [5.74, 6) is 1.05. The van der Waals surface area contributed by atoms with Crippen LogP contribution in [-0.4, -0.2) is 61.5 Å². The molecule has 170 valence electrons. The Hall–Kier alpha value is -2.08. The molecular weight excluding hydrogens is 392 g/mol. The van der Waals surface area contributed by atoms with Crippen molar-refractivity contribution in [3.8, 4) is 5.75 Å². The number of hydrogen-bond donors (Lipinski definition) is 0. The smallest absolute Gasteiger partial charge is 0.223 e. The highest BCUT2D eigenvalue weighted by molar-refractivity contribution is 5.83. The van der Waals surface area contributed by atoms with Crippen LogP contribution in [0, 0.1) is 0 Å². The van der Waals surface area contributed by atoms with Crippen LogP contribution < -0.4 is 4.74 Å². The van der Waals surface area contributed by atoms with Gasteiger partial charge in [0.15, 0.2) is 0 Å². The third kappa shape index (κ3) is 5.05. The first kappa shape index (κ1) is 22.1. The molecule has 1 aliphatic carbocycles. The minimum atomic E-state index is -0.298. The Morgan fingerprint density at radius 2 is 1.87 bits per heavy atom. The fourth-order valence-electron chi connectivity index (χ4n) is 5.23. The maximum absolute atomic E-state index is 12.6. The second kappa shape index (κ2) is 9.60. The maximum atomic E-state index is 12.6. The Morgan fingerprint density at radius 1 is 1.13 bits per heavy atom. The molecule has 0 aromatic heterocycles. The fraction of sp³-hybridized carbons (Fsp3) is 0.680. The first-order chi connectivity index (χ1) is 15.0. The second-order valence-electron chi connectivity index (χ2n) is 9.46. The molecule has 0 bridgehead atoms. The first-order valence-electron chi connectivity index (χ1n) is 11.9. The van der Waals surface area contributed by atoms with E-state index in [1.807, 2.05) is 4.90 Å². The van der Waals surface area contributed by atoms with Crippen molar-refractivity contribution in [1.29, 1.82) is 0 Å². The minimum absolute atomic E-state index is 0.00220. The topological polar surface area (TPSA) is 59.1 Å². The van der Waals surface area contributed by atoms with Gasteiger partial charge in [0.25, 0.3) is 0 Å². The highest BCUT2D eigenvalue weighted by Crippen LogP contribution is 2.42. The third-order valence-electron chi connectivity index (χ3n) is 7.15. The van der Waals surface area contributed by atoms with Crippen LogP contribution in [0.5, 0.6) is 5.75 Å². The molecule has 1 saturated heterocycles. The molecule has 3 aliphatic rings. The SMILES string of the molecule is CN(C)C(=O)CCC(=O)N1CCC2(CC1)OCCc1cc(OC3CCCCC3)ccc12.